The highest BCUT2D eigenvalue weighted by molar-refractivity contribution is 7.07. The van der Waals surface area contributed by atoms with E-state index in [1.807, 2.05) is 0 Å². The van der Waals surface area contributed by atoms with Gasteiger partial charge in [-0.3, -0.25) is 4.79 Å². The highest BCUT2D eigenvalue weighted by atomic mass is 32.1. The summed E-state index contributed by atoms with van der Waals surface area (Å²) in [5.74, 6) is 0.187. The van der Waals surface area contributed by atoms with Crippen molar-refractivity contribution in [2.75, 3.05) is 26.2 Å². The summed E-state index contributed by atoms with van der Waals surface area (Å²) in [7, 11) is 0. The molecule has 1 aromatic heterocycles. The largest absolute Gasteiger partial charge is 0.356 e. The molecule has 1 amide bonds. The summed E-state index contributed by atoms with van der Waals surface area (Å²) >= 11 is 1.69. The van der Waals surface area contributed by atoms with Gasteiger partial charge in [-0.2, -0.15) is 11.3 Å². The van der Waals surface area contributed by atoms with Crippen LogP contribution in [0.4, 0.5) is 0 Å². The summed E-state index contributed by atoms with van der Waals surface area (Å²) in [5, 5.41) is 7.22. The van der Waals surface area contributed by atoms with Gasteiger partial charge in [0.2, 0.25) is 5.91 Å². The fourth-order valence-electron chi connectivity index (χ4n) is 2.67. The molecule has 0 spiro atoms. The maximum absolute atomic E-state index is 11.7. The molecule has 0 atom stereocenters. The van der Waals surface area contributed by atoms with Crippen LogP contribution in [-0.4, -0.2) is 37.0 Å². The Morgan fingerprint density at radius 3 is 2.75 bits per heavy atom. The van der Waals surface area contributed by atoms with E-state index >= 15 is 0 Å². The lowest BCUT2D eigenvalue weighted by Crippen LogP contribution is -2.30. The molecule has 2 heterocycles. The summed E-state index contributed by atoms with van der Waals surface area (Å²) in [5.41, 5.74) is 1.27. The van der Waals surface area contributed by atoms with Crippen molar-refractivity contribution in [1.82, 2.24) is 10.2 Å². The molecule has 3 nitrogen and oxygen atoms in total. The molecular formula is C16H26N2OS. The number of aryl methyl sites for hydroxylation is 1. The minimum atomic E-state index is 0.187. The molecule has 0 aromatic carbocycles. The quantitative estimate of drug-likeness (QED) is 0.784. The number of thiophene rings is 1. The van der Waals surface area contributed by atoms with E-state index in [-0.39, 0.29) is 5.91 Å². The minimum absolute atomic E-state index is 0.187. The van der Waals surface area contributed by atoms with Crippen LogP contribution in [0, 0.1) is 0 Å². The highest BCUT2D eigenvalue weighted by Gasteiger charge is 2.08. The lowest BCUT2D eigenvalue weighted by atomic mass is 10.2. The van der Waals surface area contributed by atoms with Gasteiger partial charge < -0.3 is 10.2 Å². The van der Waals surface area contributed by atoms with Crippen molar-refractivity contribution < 1.29 is 4.79 Å². The second-order valence-electron chi connectivity index (χ2n) is 5.59. The Morgan fingerprint density at radius 1 is 1.25 bits per heavy atom. The van der Waals surface area contributed by atoms with Gasteiger partial charge in [-0.15, -0.1) is 0 Å². The summed E-state index contributed by atoms with van der Waals surface area (Å²) < 4.78 is 0. The molecule has 1 aliphatic rings. The number of amides is 1. The molecule has 1 aliphatic heterocycles. The lowest BCUT2D eigenvalue weighted by molar-refractivity contribution is -0.121. The molecule has 4 heteroatoms. The smallest absolute Gasteiger partial charge is 0.220 e. The molecule has 112 valence electrons. The predicted molar refractivity (Wildman–Crippen MR) is 85.2 cm³/mol. The molecule has 1 fully saturated rings. The zero-order valence-corrected chi connectivity index (χ0v) is 13.1. The Morgan fingerprint density at radius 2 is 2.05 bits per heavy atom. The van der Waals surface area contributed by atoms with E-state index in [1.54, 1.807) is 11.3 Å². The van der Waals surface area contributed by atoms with Crippen LogP contribution in [0.1, 0.15) is 44.1 Å². The third-order valence-electron chi connectivity index (χ3n) is 3.89. The lowest BCUT2D eigenvalue weighted by Gasteiger charge is -2.19. The fraction of sp³-hybridized carbons (Fsp3) is 0.688. The van der Waals surface area contributed by atoms with Crippen LogP contribution in [0.5, 0.6) is 0 Å². The van der Waals surface area contributed by atoms with Gasteiger partial charge in [-0.25, -0.2) is 0 Å². The first-order valence-corrected chi connectivity index (χ1v) is 8.79. The predicted octanol–water partition coefficient (Wildman–Crippen LogP) is 3.06. The van der Waals surface area contributed by atoms with Gasteiger partial charge in [-0.05, 0) is 67.7 Å². The van der Waals surface area contributed by atoms with Gasteiger partial charge in [-0.1, -0.05) is 12.8 Å². The number of nitrogens with zero attached hydrogens (tertiary/aromatic N) is 1. The van der Waals surface area contributed by atoms with Crippen molar-refractivity contribution in [1.29, 1.82) is 0 Å². The third kappa shape index (κ3) is 6.06. The molecule has 1 aromatic rings. The van der Waals surface area contributed by atoms with Crippen molar-refractivity contribution in [2.45, 2.75) is 44.9 Å². The van der Waals surface area contributed by atoms with Crippen LogP contribution in [0.15, 0.2) is 16.8 Å². The minimum Gasteiger partial charge on any atom is -0.356 e. The van der Waals surface area contributed by atoms with Crippen LogP contribution in [0.3, 0.4) is 0 Å². The van der Waals surface area contributed by atoms with Crippen LogP contribution in [-0.2, 0) is 11.2 Å². The molecule has 1 saturated heterocycles. The van der Waals surface area contributed by atoms with Gasteiger partial charge in [0, 0.05) is 13.0 Å². The number of likely N-dealkylation sites (tertiary alicyclic amines) is 1. The normalized spacial score (nSPS) is 16.8. The van der Waals surface area contributed by atoms with Crippen molar-refractivity contribution in [3.05, 3.63) is 22.4 Å². The van der Waals surface area contributed by atoms with Gasteiger partial charge in [0.05, 0.1) is 0 Å². The Kier molecular flexibility index (Phi) is 7.09. The zero-order valence-electron chi connectivity index (χ0n) is 12.3. The molecule has 0 aliphatic carbocycles. The van der Waals surface area contributed by atoms with Crippen LogP contribution < -0.4 is 5.32 Å². The van der Waals surface area contributed by atoms with E-state index in [0.717, 1.165) is 25.9 Å². The first-order valence-electron chi connectivity index (χ1n) is 7.85. The standard InChI is InChI=1S/C16H26N2OS/c19-16(7-6-15-8-13-20-14-15)17-9-5-12-18-10-3-1-2-4-11-18/h8,13-14H,1-7,9-12H2,(H,17,19). The maximum Gasteiger partial charge on any atom is 0.220 e. The molecule has 0 unspecified atom stereocenters. The Balaban J connectivity index is 1.50. The maximum atomic E-state index is 11.7. The number of nitrogens with one attached hydrogen (secondary N) is 1. The Bertz CT molecular complexity index is 370. The first-order chi connectivity index (χ1) is 9.84. The van der Waals surface area contributed by atoms with E-state index in [9.17, 15) is 4.79 Å². The fourth-order valence-corrected chi connectivity index (χ4v) is 3.37. The Hall–Kier alpha value is -0.870. The summed E-state index contributed by atoms with van der Waals surface area (Å²) in [6, 6.07) is 2.09. The van der Waals surface area contributed by atoms with Gasteiger partial charge in [0.25, 0.3) is 0 Å². The first kappa shape index (κ1) is 15.5. The van der Waals surface area contributed by atoms with Gasteiger partial charge >= 0.3 is 0 Å². The highest BCUT2D eigenvalue weighted by Crippen LogP contribution is 2.10. The number of carbonyl (C=O) groups excluding carboxylic acids is 1. The molecule has 0 saturated carbocycles. The molecule has 0 bridgehead atoms. The van der Waals surface area contributed by atoms with E-state index in [1.165, 1.54) is 44.3 Å². The van der Waals surface area contributed by atoms with Crippen molar-refractivity contribution in [2.24, 2.45) is 0 Å². The molecule has 1 N–H and O–H groups in total. The van der Waals surface area contributed by atoms with E-state index in [2.05, 4.69) is 27.0 Å². The SMILES string of the molecule is O=C(CCc1ccsc1)NCCCN1CCCCCC1. The van der Waals surface area contributed by atoms with E-state index in [4.69, 9.17) is 0 Å². The number of hydrogen-bond acceptors (Lipinski definition) is 3. The summed E-state index contributed by atoms with van der Waals surface area (Å²) in [6.07, 6.45) is 8.00. The van der Waals surface area contributed by atoms with E-state index < -0.39 is 0 Å². The van der Waals surface area contributed by atoms with Crippen LogP contribution in [0.2, 0.25) is 0 Å². The second kappa shape index (κ2) is 9.14. The molecular weight excluding hydrogens is 268 g/mol. The number of hydrogen-bond donors (Lipinski definition) is 1. The summed E-state index contributed by atoms with van der Waals surface area (Å²) in [6.45, 7) is 4.43. The zero-order chi connectivity index (χ0) is 14.0. The second-order valence-corrected chi connectivity index (χ2v) is 6.37. The molecule has 0 radical (unpaired) electrons. The van der Waals surface area contributed by atoms with Gasteiger partial charge in [0.15, 0.2) is 0 Å². The van der Waals surface area contributed by atoms with Crippen LogP contribution in [0.25, 0.3) is 0 Å². The average Bonchev–Trinajstić information content (AvgIpc) is 2.84. The van der Waals surface area contributed by atoms with Crippen LogP contribution >= 0.6 is 11.3 Å². The van der Waals surface area contributed by atoms with Crippen molar-refractivity contribution >= 4 is 17.2 Å². The van der Waals surface area contributed by atoms with Crippen molar-refractivity contribution in [3.63, 3.8) is 0 Å². The Labute approximate surface area is 126 Å². The average molecular weight is 294 g/mol. The number of carbonyl (C=O) groups is 1. The van der Waals surface area contributed by atoms with Crippen molar-refractivity contribution in [3.8, 4) is 0 Å². The number of rotatable bonds is 7. The van der Waals surface area contributed by atoms with Gasteiger partial charge in [0.1, 0.15) is 0 Å². The topological polar surface area (TPSA) is 32.3 Å². The molecule has 2 rings (SSSR count). The summed E-state index contributed by atoms with van der Waals surface area (Å²) in [4.78, 5) is 14.3. The molecule has 20 heavy (non-hydrogen) atoms. The van der Waals surface area contributed by atoms with E-state index in [0.29, 0.717) is 6.42 Å². The third-order valence-corrected chi connectivity index (χ3v) is 4.62. The monoisotopic (exact) mass is 294 g/mol.